The molecule has 40 heavy (non-hydrogen) atoms. The Morgan fingerprint density at radius 2 is 1.68 bits per heavy atom. The molecule has 210 valence electrons. The second kappa shape index (κ2) is 12.0. The van der Waals surface area contributed by atoms with E-state index < -0.39 is 35.4 Å². The van der Waals surface area contributed by atoms with Crippen molar-refractivity contribution in [2.75, 3.05) is 13.2 Å². The van der Waals surface area contributed by atoms with Gasteiger partial charge >= 0.3 is 12.3 Å². The maximum atomic E-state index is 13.6. The van der Waals surface area contributed by atoms with E-state index in [2.05, 4.69) is 0 Å². The van der Waals surface area contributed by atoms with Crippen LogP contribution in [0.4, 0.5) is 18.0 Å². The van der Waals surface area contributed by atoms with Gasteiger partial charge in [-0.05, 0) is 49.1 Å². The minimum atomic E-state index is -4.50. The predicted molar refractivity (Wildman–Crippen MR) is 144 cm³/mol. The number of carbonyl (C=O) groups excluding carboxylic acids is 2. The fourth-order valence-electron chi connectivity index (χ4n) is 4.82. The molecule has 0 saturated carbocycles. The maximum absolute atomic E-state index is 13.6. The number of hydrogen-bond acceptors (Lipinski definition) is 4. The van der Waals surface area contributed by atoms with Crippen LogP contribution in [0.2, 0.25) is 0 Å². The smallest absolute Gasteiger partial charge is 0.416 e. The Kier molecular flexibility index (Phi) is 8.64. The van der Waals surface area contributed by atoms with Crippen LogP contribution in [0.25, 0.3) is 0 Å². The second-order valence-electron chi connectivity index (χ2n) is 9.91. The molecular weight excluding hydrogens is 521 g/mol. The van der Waals surface area contributed by atoms with Crippen molar-refractivity contribution >= 4 is 12.0 Å². The number of benzene rings is 3. The van der Waals surface area contributed by atoms with Gasteiger partial charge in [-0.2, -0.15) is 13.2 Å². The molecule has 0 saturated heterocycles. The average molecular weight is 553 g/mol. The first-order valence-electron chi connectivity index (χ1n) is 12.8. The molecule has 2 N–H and O–H groups in total. The number of nitrogens with two attached hydrogens (primary N) is 1. The third-order valence-electron chi connectivity index (χ3n) is 7.05. The minimum Gasteiger partial charge on any atom is -0.445 e. The van der Waals surface area contributed by atoms with Gasteiger partial charge in [0.25, 0.3) is 0 Å². The summed E-state index contributed by atoms with van der Waals surface area (Å²) in [4.78, 5) is 27.1. The standard InChI is InChI=1S/C31H31F3N2O4/c1-21-15-25(17-27(16-21)31(32,33)34)22(2)40-20-30(26-11-7-4-8-12-26)14-13-24(28(35)37)18-36(30)29(38)39-19-23-9-5-3-6-10-23/h3-13,15-17,22H,14,18-20H2,1-2H3,(H2,35,37)/t22-,30-/m1/s1. The molecule has 2 atom stereocenters. The Labute approximate surface area is 231 Å². The normalized spacial score (nSPS) is 18.1. The largest absolute Gasteiger partial charge is 0.445 e. The van der Waals surface area contributed by atoms with Crippen molar-refractivity contribution in [3.63, 3.8) is 0 Å². The van der Waals surface area contributed by atoms with Crippen LogP contribution in [0.15, 0.2) is 90.5 Å². The van der Waals surface area contributed by atoms with E-state index in [1.807, 2.05) is 60.7 Å². The fourth-order valence-corrected chi connectivity index (χ4v) is 4.82. The summed E-state index contributed by atoms with van der Waals surface area (Å²) in [6, 6.07) is 22.1. The molecule has 0 spiro atoms. The average Bonchev–Trinajstić information content (AvgIpc) is 2.94. The van der Waals surface area contributed by atoms with Gasteiger partial charge < -0.3 is 15.2 Å². The number of hydrogen-bond donors (Lipinski definition) is 1. The molecule has 0 unspecified atom stereocenters. The van der Waals surface area contributed by atoms with Crippen LogP contribution in [0.3, 0.4) is 0 Å². The van der Waals surface area contributed by atoms with Crippen molar-refractivity contribution in [3.05, 3.63) is 118 Å². The first-order valence-corrected chi connectivity index (χ1v) is 12.8. The molecule has 0 fully saturated rings. The van der Waals surface area contributed by atoms with E-state index in [1.165, 1.54) is 4.90 Å². The number of primary amides is 1. The van der Waals surface area contributed by atoms with Gasteiger partial charge in [0.1, 0.15) is 6.61 Å². The lowest BCUT2D eigenvalue weighted by Gasteiger charge is -2.46. The number of rotatable bonds is 8. The topological polar surface area (TPSA) is 81.9 Å². The van der Waals surface area contributed by atoms with E-state index in [4.69, 9.17) is 15.2 Å². The highest BCUT2D eigenvalue weighted by molar-refractivity contribution is 5.93. The van der Waals surface area contributed by atoms with E-state index in [1.54, 1.807) is 26.0 Å². The van der Waals surface area contributed by atoms with Gasteiger partial charge in [0.15, 0.2) is 0 Å². The van der Waals surface area contributed by atoms with Crippen molar-refractivity contribution in [2.24, 2.45) is 5.73 Å². The Morgan fingerprint density at radius 1 is 1.02 bits per heavy atom. The van der Waals surface area contributed by atoms with E-state index in [0.29, 0.717) is 11.1 Å². The highest BCUT2D eigenvalue weighted by atomic mass is 19.4. The van der Waals surface area contributed by atoms with Crippen LogP contribution < -0.4 is 5.73 Å². The van der Waals surface area contributed by atoms with Crippen LogP contribution in [0.5, 0.6) is 0 Å². The summed E-state index contributed by atoms with van der Waals surface area (Å²) >= 11 is 0. The van der Waals surface area contributed by atoms with Crippen molar-refractivity contribution in [3.8, 4) is 0 Å². The Balaban J connectivity index is 1.68. The number of halogens is 3. The summed E-state index contributed by atoms with van der Waals surface area (Å²) in [5.41, 5.74) is 6.28. The van der Waals surface area contributed by atoms with E-state index >= 15 is 0 Å². The third kappa shape index (κ3) is 6.54. The number of ether oxygens (including phenoxy) is 2. The fraction of sp³-hybridized carbons (Fsp3) is 0.290. The van der Waals surface area contributed by atoms with Gasteiger partial charge in [0.2, 0.25) is 5.91 Å². The molecule has 0 aliphatic carbocycles. The monoisotopic (exact) mass is 552 g/mol. The van der Waals surface area contributed by atoms with Gasteiger partial charge in [-0.25, -0.2) is 4.79 Å². The molecule has 3 aromatic rings. The predicted octanol–water partition coefficient (Wildman–Crippen LogP) is 6.44. The lowest BCUT2D eigenvalue weighted by Crippen LogP contribution is -2.55. The lowest BCUT2D eigenvalue weighted by atomic mass is 9.81. The van der Waals surface area contributed by atoms with Crippen LogP contribution in [-0.4, -0.2) is 30.1 Å². The molecule has 0 bridgehead atoms. The third-order valence-corrected chi connectivity index (χ3v) is 7.05. The summed E-state index contributed by atoms with van der Waals surface area (Å²) in [5.74, 6) is -0.656. The summed E-state index contributed by atoms with van der Waals surface area (Å²) in [7, 11) is 0. The van der Waals surface area contributed by atoms with Gasteiger partial charge in [-0.15, -0.1) is 0 Å². The number of alkyl halides is 3. The summed E-state index contributed by atoms with van der Waals surface area (Å²) < 4.78 is 52.3. The zero-order chi connectivity index (χ0) is 28.9. The highest BCUT2D eigenvalue weighted by Gasteiger charge is 2.45. The van der Waals surface area contributed by atoms with Crippen LogP contribution >= 0.6 is 0 Å². The molecule has 1 aliphatic rings. The first-order chi connectivity index (χ1) is 19.0. The quantitative estimate of drug-likeness (QED) is 0.349. The minimum absolute atomic E-state index is 0.0113. The van der Waals surface area contributed by atoms with Gasteiger partial charge in [0.05, 0.1) is 30.4 Å². The summed E-state index contributed by atoms with van der Waals surface area (Å²) in [6.45, 7) is 3.09. The van der Waals surface area contributed by atoms with Crippen molar-refractivity contribution in [2.45, 2.75) is 44.7 Å². The van der Waals surface area contributed by atoms with Crippen molar-refractivity contribution in [1.82, 2.24) is 4.90 Å². The highest BCUT2D eigenvalue weighted by Crippen LogP contribution is 2.40. The lowest BCUT2D eigenvalue weighted by molar-refractivity contribution is -0.137. The summed E-state index contributed by atoms with van der Waals surface area (Å²) in [5, 5.41) is 0. The number of aryl methyl sites for hydroxylation is 1. The maximum Gasteiger partial charge on any atom is 0.416 e. The summed E-state index contributed by atoms with van der Waals surface area (Å²) in [6.07, 6.45) is -4.04. The molecule has 4 rings (SSSR count). The number of carbonyl (C=O) groups is 2. The zero-order valence-corrected chi connectivity index (χ0v) is 22.3. The number of amides is 2. The van der Waals surface area contributed by atoms with E-state index in [9.17, 15) is 22.8 Å². The molecule has 0 radical (unpaired) electrons. The van der Waals surface area contributed by atoms with Gasteiger partial charge in [-0.3, -0.25) is 9.69 Å². The molecule has 6 nitrogen and oxygen atoms in total. The van der Waals surface area contributed by atoms with Gasteiger partial charge in [0, 0.05) is 5.57 Å². The van der Waals surface area contributed by atoms with Crippen LogP contribution in [0, 0.1) is 6.92 Å². The molecule has 9 heteroatoms. The molecule has 0 aromatic heterocycles. The Bertz CT molecular complexity index is 1380. The SMILES string of the molecule is Cc1cc([C@@H](C)OC[C@@]2(c3ccccc3)CC=C(C(N)=O)CN2C(=O)OCc2ccccc2)cc(C(F)(F)F)c1. The Morgan fingerprint density at radius 3 is 2.30 bits per heavy atom. The first kappa shape index (κ1) is 28.9. The zero-order valence-electron chi connectivity index (χ0n) is 22.3. The van der Waals surface area contributed by atoms with Gasteiger partial charge in [-0.1, -0.05) is 78.4 Å². The second-order valence-corrected chi connectivity index (χ2v) is 9.91. The molecule has 3 aromatic carbocycles. The van der Waals surface area contributed by atoms with E-state index in [-0.39, 0.29) is 31.8 Å². The van der Waals surface area contributed by atoms with Crippen molar-refractivity contribution in [1.29, 1.82) is 0 Å². The van der Waals surface area contributed by atoms with E-state index in [0.717, 1.165) is 23.3 Å². The van der Waals surface area contributed by atoms with Crippen LogP contribution in [0.1, 0.15) is 47.3 Å². The Hall–Kier alpha value is -4.11. The molecule has 1 heterocycles. The van der Waals surface area contributed by atoms with Crippen molar-refractivity contribution < 1.29 is 32.2 Å². The number of nitrogens with zero attached hydrogens (tertiary/aromatic N) is 1. The van der Waals surface area contributed by atoms with Crippen LogP contribution in [-0.2, 0) is 32.6 Å². The molecule has 1 aliphatic heterocycles. The molecule has 2 amide bonds. The molecular formula is C31H31F3N2O4.